The standard InChI is InChI=1S/C21H12ClN3O2/c22-13-10-11-16-18(12-13)24(14-6-2-1-3-7-14)25-20(19(16)26)23-17-9-5-4-8-15(17)21(25)27/h1-12H. The van der Waals surface area contributed by atoms with E-state index in [4.69, 9.17) is 11.6 Å². The summed E-state index contributed by atoms with van der Waals surface area (Å²) in [4.78, 5) is 30.9. The molecule has 5 nitrogen and oxygen atoms in total. The first-order valence-electron chi connectivity index (χ1n) is 8.36. The van der Waals surface area contributed by atoms with Crippen molar-refractivity contribution >= 4 is 39.1 Å². The Morgan fingerprint density at radius 3 is 2.37 bits per heavy atom. The van der Waals surface area contributed by atoms with Crippen molar-refractivity contribution in [2.75, 3.05) is 0 Å². The third kappa shape index (κ3) is 2.29. The van der Waals surface area contributed by atoms with Gasteiger partial charge in [0.25, 0.3) is 5.56 Å². The van der Waals surface area contributed by atoms with Gasteiger partial charge in [0, 0.05) is 5.02 Å². The molecule has 130 valence electrons. The van der Waals surface area contributed by atoms with Crippen LogP contribution >= 0.6 is 11.6 Å². The van der Waals surface area contributed by atoms with E-state index in [0.29, 0.717) is 26.8 Å². The van der Waals surface area contributed by atoms with Crippen molar-refractivity contribution in [3.05, 3.63) is 98.4 Å². The van der Waals surface area contributed by atoms with Crippen LogP contribution in [0.1, 0.15) is 0 Å². The van der Waals surface area contributed by atoms with Crippen LogP contribution < -0.4 is 11.0 Å². The van der Waals surface area contributed by atoms with Gasteiger partial charge in [0.05, 0.1) is 27.5 Å². The second kappa shape index (κ2) is 5.79. The van der Waals surface area contributed by atoms with E-state index < -0.39 is 0 Å². The molecule has 0 bridgehead atoms. The average molecular weight is 374 g/mol. The van der Waals surface area contributed by atoms with Crippen LogP contribution in [0.4, 0.5) is 0 Å². The molecule has 0 aliphatic heterocycles. The van der Waals surface area contributed by atoms with Crippen molar-refractivity contribution in [1.82, 2.24) is 14.2 Å². The fraction of sp³-hybridized carbons (Fsp3) is 0. The lowest BCUT2D eigenvalue weighted by molar-refractivity contribution is 0.772. The highest BCUT2D eigenvalue weighted by molar-refractivity contribution is 6.31. The van der Waals surface area contributed by atoms with Crippen LogP contribution in [-0.2, 0) is 0 Å². The van der Waals surface area contributed by atoms with Gasteiger partial charge in [-0.05, 0) is 42.5 Å². The van der Waals surface area contributed by atoms with Crippen LogP contribution in [-0.4, -0.2) is 14.2 Å². The second-order valence-corrected chi connectivity index (χ2v) is 6.64. The Morgan fingerprint density at radius 2 is 1.56 bits per heavy atom. The number of rotatable bonds is 1. The Labute approximate surface area is 157 Å². The molecule has 0 unspecified atom stereocenters. The number of hydrogen-bond acceptors (Lipinski definition) is 3. The lowest BCUT2D eigenvalue weighted by Crippen LogP contribution is -2.29. The highest BCUT2D eigenvalue weighted by atomic mass is 35.5. The summed E-state index contributed by atoms with van der Waals surface area (Å²) in [7, 11) is 0. The quantitative estimate of drug-likeness (QED) is 0.420. The zero-order chi connectivity index (χ0) is 18.5. The van der Waals surface area contributed by atoms with Crippen LogP contribution in [0.2, 0.25) is 5.02 Å². The van der Waals surface area contributed by atoms with E-state index in [2.05, 4.69) is 4.98 Å². The molecule has 6 heteroatoms. The summed E-state index contributed by atoms with van der Waals surface area (Å²) in [5.41, 5.74) is 1.24. The van der Waals surface area contributed by atoms with Crippen LogP contribution in [0, 0.1) is 0 Å². The molecular formula is C21H12ClN3O2. The van der Waals surface area contributed by atoms with Gasteiger partial charge in [-0.2, -0.15) is 4.52 Å². The maximum atomic E-state index is 13.3. The summed E-state index contributed by atoms with van der Waals surface area (Å²) in [5, 5.41) is 1.37. The molecule has 0 spiro atoms. The molecule has 0 atom stereocenters. The highest BCUT2D eigenvalue weighted by Crippen LogP contribution is 2.21. The maximum absolute atomic E-state index is 13.3. The summed E-state index contributed by atoms with van der Waals surface area (Å²) < 4.78 is 3.03. The molecule has 3 aromatic carbocycles. The lowest BCUT2D eigenvalue weighted by atomic mass is 10.2. The minimum absolute atomic E-state index is 0.0809. The molecule has 0 saturated carbocycles. The first-order valence-corrected chi connectivity index (χ1v) is 8.74. The molecule has 0 N–H and O–H groups in total. The fourth-order valence-corrected chi connectivity index (χ4v) is 3.55. The average Bonchev–Trinajstić information content (AvgIpc) is 2.70. The topological polar surface area (TPSA) is 56.4 Å². The van der Waals surface area contributed by atoms with Gasteiger partial charge in [0.1, 0.15) is 0 Å². The van der Waals surface area contributed by atoms with Crippen molar-refractivity contribution in [3.8, 4) is 5.69 Å². The normalized spacial score (nSPS) is 11.4. The van der Waals surface area contributed by atoms with Gasteiger partial charge in [-0.15, -0.1) is 0 Å². The van der Waals surface area contributed by atoms with Crippen molar-refractivity contribution < 1.29 is 0 Å². The predicted molar refractivity (Wildman–Crippen MR) is 107 cm³/mol. The van der Waals surface area contributed by atoms with E-state index in [-0.39, 0.29) is 16.6 Å². The van der Waals surface area contributed by atoms with Gasteiger partial charge in [0.15, 0.2) is 0 Å². The molecule has 2 aromatic heterocycles. The summed E-state index contributed by atoms with van der Waals surface area (Å²) >= 11 is 6.20. The monoisotopic (exact) mass is 373 g/mol. The zero-order valence-corrected chi connectivity index (χ0v) is 14.7. The summed E-state index contributed by atoms with van der Waals surface area (Å²) in [5.74, 6) is 0. The maximum Gasteiger partial charge on any atom is 0.281 e. The number of halogens is 1. The van der Waals surface area contributed by atoms with Crippen molar-refractivity contribution in [2.24, 2.45) is 0 Å². The minimum atomic E-state index is -0.309. The van der Waals surface area contributed by atoms with E-state index in [0.717, 1.165) is 5.69 Å². The first-order chi connectivity index (χ1) is 13.1. The molecule has 5 rings (SSSR count). The van der Waals surface area contributed by atoms with Crippen molar-refractivity contribution in [1.29, 1.82) is 0 Å². The van der Waals surface area contributed by atoms with Crippen LogP contribution in [0.25, 0.3) is 33.1 Å². The van der Waals surface area contributed by atoms with E-state index in [1.165, 1.54) is 4.52 Å². The molecule has 0 saturated heterocycles. The van der Waals surface area contributed by atoms with E-state index in [1.807, 2.05) is 30.3 Å². The van der Waals surface area contributed by atoms with Gasteiger partial charge >= 0.3 is 0 Å². The van der Waals surface area contributed by atoms with E-state index in [1.54, 1.807) is 47.1 Å². The van der Waals surface area contributed by atoms with E-state index in [9.17, 15) is 9.59 Å². The van der Waals surface area contributed by atoms with Crippen LogP contribution in [0.15, 0.2) is 82.4 Å². The lowest BCUT2D eigenvalue weighted by Gasteiger charge is -2.16. The number of hydrogen-bond donors (Lipinski definition) is 0. The summed E-state index contributed by atoms with van der Waals surface area (Å²) in [6, 6.07) is 21.4. The molecule has 0 fully saturated rings. The van der Waals surface area contributed by atoms with Gasteiger partial charge in [-0.25, -0.2) is 9.67 Å². The molecular weight excluding hydrogens is 362 g/mol. The van der Waals surface area contributed by atoms with Crippen LogP contribution in [0.5, 0.6) is 0 Å². The second-order valence-electron chi connectivity index (χ2n) is 6.21. The van der Waals surface area contributed by atoms with Gasteiger partial charge in [0.2, 0.25) is 11.1 Å². The molecule has 5 aromatic rings. The Bertz CT molecular complexity index is 1470. The predicted octanol–water partition coefficient (Wildman–Crippen LogP) is 3.81. The highest BCUT2D eigenvalue weighted by Gasteiger charge is 2.16. The smallest absolute Gasteiger partial charge is 0.281 e. The van der Waals surface area contributed by atoms with Crippen molar-refractivity contribution in [3.63, 3.8) is 0 Å². The molecule has 0 amide bonds. The SMILES string of the molecule is O=c1c2ccc(Cl)cc2n(-c2ccccc2)n2c(=O)c3ccccc3nc12. The zero-order valence-electron chi connectivity index (χ0n) is 14.0. The Hall–Kier alpha value is -3.44. The summed E-state index contributed by atoms with van der Waals surface area (Å²) in [6.45, 7) is 0. The molecule has 27 heavy (non-hydrogen) atoms. The number of nitrogens with zero attached hydrogens (tertiary/aromatic N) is 3. The Balaban J connectivity index is 2.16. The third-order valence-electron chi connectivity index (χ3n) is 4.59. The Morgan fingerprint density at radius 1 is 0.815 bits per heavy atom. The number of aromatic nitrogens is 3. The fourth-order valence-electron chi connectivity index (χ4n) is 3.38. The van der Waals surface area contributed by atoms with E-state index >= 15 is 0 Å². The number of benzene rings is 3. The van der Waals surface area contributed by atoms with Gasteiger partial charge in [-0.3, -0.25) is 9.59 Å². The van der Waals surface area contributed by atoms with Gasteiger partial charge < -0.3 is 0 Å². The summed E-state index contributed by atoms with van der Waals surface area (Å²) in [6.07, 6.45) is 0. The molecule has 0 radical (unpaired) electrons. The first kappa shape index (κ1) is 15.8. The van der Waals surface area contributed by atoms with Crippen LogP contribution in [0.3, 0.4) is 0 Å². The van der Waals surface area contributed by atoms with Gasteiger partial charge in [-0.1, -0.05) is 41.9 Å². The number of para-hydroxylation sites is 2. The third-order valence-corrected chi connectivity index (χ3v) is 4.83. The largest absolute Gasteiger partial charge is 0.285 e. The molecule has 0 aliphatic carbocycles. The van der Waals surface area contributed by atoms with Crippen molar-refractivity contribution in [2.45, 2.75) is 0 Å². The number of fused-ring (bicyclic) bond motifs is 3. The minimum Gasteiger partial charge on any atom is -0.285 e. The molecule has 2 heterocycles. The Kier molecular flexibility index (Phi) is 3.39. The molecule has 0 aliphatic rings.